The molecule has 0 saturated carbocycles. The molecule has 0 unspecified atom stereocenters. The van der Waals surface area contributed by atoms with Gasteiger partial charge in [-0.3, -0.25) is 0 Å². The van der Waals surface area contributed by atoms with Gasteiger partial charge in [0.15, 0.2) is 12.1 Å². The third-order valence-electron chi connectivity index (χ3n) is 7.72. The smallest absolute Gasteiger partial charge is 0.261 e. The normalized spacial score (nSPS) is 28.3. The summed E-state index contributed by atoms with van der Waals surface area (Å²) in [4.78, 5) is 0. The molecule has 2 aliphatic rings. The summed E-state index contributed by atoms with van der Waals surface area (Å²) >= 11 is 0. The van der Waals surface area contributed by atoms with Gasteiger partial charge in [0.1, 0.15) is 17.8 Å². The average molecular weight is 529 g/mol. The Labute approximate surface area is 223 Å². The van der Waals surface area contributed by atoms with Crippen LogP contribution in [0.2, 0.25) is 5.04 Å². The van der Waals surface area contributed by atoms with Crippen molar-refractivity contribution in [2.24, 2.45) is 0 Å². The van der Waals surface area contributed by atoms with Crippen molar-refractivity contribution in [2.45, 2.75) is 102 Å². The van der Waals surface area contributed by atoms with Crippen molar-refractivity contribution in [1.82, 2.24) is 0 Å². The number of hydrogen-bond acceptors (Lipinski definition) is 6. The number of aliphatic hydroxyl groups excluding tert-OH is 1. The summed E-state index contributed by atoms with van der Waals surface area (Å²) in [6.07, 6.45) is -0.769. The lowest BCUT2D eigenvalue weighted by atomic mass is 9.90. The quantitative estimate of drug-likeness (QED) is 0.365. The monoisotopic (exact) mass is 528 g/mol. The molecule has 0 radical (unpaired) electrons. The van der Waals surface area contributed by atoms with Gasteiger partial charge >= 0.3 is 0 Å². The van der Waals surface area contributed by atoms with E-state index in [0.29, 0.717) is 6.61 Å². The first-order valence-electron chi connectivity index (χ1n) is 13.5. The minimum Gasteiger partial charge on any atom is -0.404 e. The summed E-state index contributed by atoms with van der Waals surface area (Å²) < 4.78 is 32.2. The maximum Gasteiger partial charge on any atom is 0.261 e. The molecule has 2 heterocycles. The lowest BCUT2D eigenvalue weighted by Gasteiger charge is -2.46. The summed E-state index contributed by atoms with van der Waals surface area (Å²) in [6.45, 7) is 15.2. The van der Waals surface area contributed by atoms with Crippen LogP contribution in [0.4, 0.5) is 0 Å². The van der Waals surface area contributed by atoms with E-state index in [1.165, 1.54) is 10.4 Å². The Kier molecular flexibility index (Phi) is 8.36. The zero-order chi connectivity index (χ0) is 26.9. The van der Waals surface area contributed by atoms with Gasteiger partial charge in [0.05, 0.1) is 12.7 Å². The van der Waals surface area contributed by atoms with Gasteiger partial charge in [-0.1, -0.05) is 94.8 Å². The highest BCUT2D eigenvalue weighted by atomic mass is 28.4. The van der Waals surface area contributed by atoms with Gasteiger partial charge in [0.2, 0.25) is 0 Å². The van der Waals surface area contributed by atoms with Gasteiger partial charge in [0, 0.05) is 6.61 Å². The molecular formula is C30H44O6Si. The summed E-state index contributed by atoms with van der Waals surface area (Å²) in [5.74, 6) is -0.826. The molecule has 7 heteroatoms. The first-order valence-corrected chi connectivity index (χ1v) is 15.5. The van der Waals surface area contributed by atoms with Crippen LogP contribution < -0.4 is 10.4 Å². The third-order valence-corrected chi connectivity index (χ3v) is 12.7. The van der Waals surface area contributed by atoms with Crippen LogP contribution in [-0.2, 0) is 23.4 Å². The molecule has 5 atom stereocenters. The summed E-state index contributed by atoms with van der Waals surface area (Å²) in [5.41, 5.74) is -1.15. The number of aliphatic hydroxyl groups is 1. The van der Waals surface area contributed by atoms with E-state index in [2.05, 4.69) is 76.2 Å². The Bertz CT molecular complexity index is 968. The lowest BCUT2D eigenvalue weighted by molar-refractivity contribution is -0.267. The van der Waals surface area contributed by atoms with Crippen molar-refractivity contribution in [3.8, 4) is 0 Å². The molecule has 0 amide bonds. The Balaban J connectivity index is 1.75. The van der Waals surface area contributed by atoms with Crippen LogP contribution in [0.3, 0.4) is 0 Å². The van der Waals surface area contributed by atoms with Crippen LogP contribution in [0, 0.1) is 0 Å². The molecule has 2 aromatic rings. The molecule has 37 heavy (non-hydrogen) atoms. The zero-order valence-electron chi connectivity index (χ0n) is 23.4. The van der Waals surface area contributed by atoms with Crippen molar-refractivity contribution in [3.63, 3.8) is 0 Å². The first kappa shape index (κ1) is 28.4. The van der Waals surface area contributed by atoms with Crippen molar-refractivity contribution in [1.29, 1.82) is 0 Å². The maximum absolute atomic E-state index is 11.7. The van der Waals surface area contributed by atoms with E-state index in [9.17, 15) is 5.11 Å². The van der Waals surface area contributed by atoms with Gasteiger partial charge in [-0.25, -0.2) is 0 Å². The van der Waals surface area contributed by atoms with Crippen molar-refractivity contribution < 1.29 is 28.5 Å². The zero-order valence-corrected chi connectivity index (χ0v) is 24.4. The third kappa shape index (κ3) is 5.32. The Hall–Kier alpha value is -1.58. The van der Waals surface area contributed by atoms with Gasteiger partial charge in [-0.15, -0.1) is 0 Å². The van der Waals surface area contributed by atoms with E-state index in [-0.39, 0.29) is 11.6 Å². The molecule has 0 aromatic heterocycles. The predicted octanol–water partition coefficient (Wildman–Crippen LogP) is 4.38. The molecule has 0 aliphatic carbocycles. The van der Waals surface area contributed by atoms with E-state index in [0.717, 1.165) is 12.8 Å². The van der Waals surface area contributed by atoms with Crippen LogP contribution in [0.25, 0.3) is 0 Å². The maximum atomic E-state index is 11.7. The Morgan fingerprint density at radius 1 is 0.946 bits per heavy atom. The highest BCUT2D eigenvalue weighted by Crippen LogP contribution is 2.46. The topological polar surface area (TPSA) is 66.4 Å². The highest BCUT2D eigenvalue weighted by Gasteiger charge is 2.65. The van der Waals surface area contributed by atoms with Gasteiger partial charge in [0.25, 0.3) is 8.32 Å². The summed E-state index contributed by atoms with van der Waals surface area (Å²) in [5, 5.41) is 13.9. The number of hydrogen-bond donors (Lipinski definition) is 1. The van der Waals surface area contributed by atoms with E-state index in [4.69, 9.17) is 23.4 Å². The fourth-order valence-electron chi connectivity index (χ4n) is 5.73. The van der Waals surface area contributed by atoms with Crippen molar-refractivity contribution in [3.05, 3.63) is 60.7 Å². The number of fused-ring (bicyclic) bond motifs is 1. The fourth-order valence-corrected chi connectivity index (χ4v) is 10.3. The fraction of sp³-hybridized carbons (Fsp3) is 0.600. The second-order valence-electron chi connectivity index (χ2n) is 11.8. The lowest BCUT2D eigenvalue weighted by Crippen LogP contribution is -2.69. The van der Waals surface area contributed by atoms with E-state index >= 15 is 0 Å². The van der Waals surface area contributed by atoms with Crippen molar-refractivity contribution >= 4 is 18.7 Å². The second-order valence-corrected chi connectivity index (χ2v) is 16.1. The first-order chi connectivity index (χ1) is 17.5. The molecular weight excluding hydrogens is 484 g/mol. The Morgan fingerprint density at radius 3 is 2.00 bits per heavy atom. The molecule has 6 nitrogen and oxygen atoms in total. The van der Waals surface area contributed by atoms with Gasteiger partial charge < -0.3 is 28.5 Å². The standard InChI is InChI=1S/C30H44O6Si/c1-8-9-20-32-22(2)30(26(31)25-27(36-30)35-29(6,7)34-25)21-33-37(28(3,4)5,23-16-12-10-13-17-23)24-18-14-11-15-19-24/h10-19,22,25-27,31H,8-9,20-21H2,1-7H3/t22-,25+,26-,27-,30-/m0/s1. The molecule has 1 N–H and O–H groups in total. The second kappa shape index (κ2) is 10.9. The number of ether oxygens (including phenoxy) is 4. The molecule has 0 bridgehead atoms. The minimum atomic E-state index is -2.87. The number of unbranched alkanes of at least 4 members (excludes halogenated alkanes) is 1. The molecule has 2 saturated heterocycles. The molecule has 2 aliphatic heterocycles. The largest absolute Gasteiger partial charge is 0.404 e. The van der Waals surface area contributed by atoms with Crippen LogP contribution in [0.5, 0.6) is 0 Å². The van der Waals surface area contributed by atoms with Crippen LogP contribution in [0.15, 0.2) is 60.7 Å². The van der Waals surface area contributed by atoms with Crippen LogP contribution in [0.1, 0.15) is 61.3 Å². The minimum absolute atomic E-state index is 0.148. The highest BCUT2D eigenvalue weighted by molar-refractivity contribution is 6.99. The number of rotatable bonds is 10. The van der Waals surface area contributed by atoms with Gasteiger partial charge in [-0.05, 0) is 42.6 Å². The van der Waals surface area contributed by atoms with Crippen LogP contribution >= 0.6 is 0 Å². The number of benzene rings is 2. The van der Waals surface area contributed by atoms with Crippen LogP contribution in [-0.4, -0.2) is 62.6 Å². The van der Waals surface area contributed by atoms with Gasteiger partial charge in [-0.2, -0.15) is 0 Å². The molecule has 4 rings (SSSR count). The molecule has 2 aromatic carbocycles. The average Bonchev–Trinajstić information content (AvgIpc) is 3.29. The van der Waals surface area contributed by atoms with E-state index < -0.39 is 44.3 Å². The van der Waals surface area contributed by atoms with E-state index in [1.807, 2.05) is 32.9 Å². The van der Waals surface area contributed by atoms with E-state index in [1.54, 1.807) is 0 Å². The van der Waals surface area contributed by atoms with Crippen molar-refractivity contribution in [2.75, 3.05) is 13.2 Å². The predicted molar refractivity (Wildman–Crippen MR) is 148 cm³/mol. The Morgan fingerprint density at radius 2 is 1.51 bits per heavy atom. The molecule has 204 valence electrons. The summed E-state index contributed by atoms with van der Waals surface area (Å²) in [6, 6.07) is 21.0. The SMILES string of the molecule is CCCCO[C@@H](C)[C@]1(CO[Si](c2ccccc2)(c2ccccc2)C(C)(C)C)O[C@@H]2OC(C)(C)O[C@@H]2[C@@H]1O. The molecule has 0 spiro atoms. The molecule has 2 fully saturated rings. The summed E-state index contributed by atoms with van der Waals surface area (Å²) in [7, 11) is -2.87.